The number of hydrogen-bond donors (Lipinski definition) is 1. The van der Waals surface area contributed by atoms with Crippen molar-refractivity contribution in [3.05, 3.63) is 29.8 Å². The lowest BCUT2D eigenvalue weighted by Crippen LogP contribution is -2.14. The zero-order valence-corrected chi connectivity index (χ0v) is 7.53. The predicted octanol–water partition coefficient (Wildman–Crippen LogP) is 1.73. The highest BCUT2D eigenvalue weighted by atomic mass is 19.1. The van der Waals surface area contributed by atoms with Crippen LogP contribution in [0.2, 0.25) is 0 Å². The minimum absolute atomic E-state index is 0.0451. The maximum absolute atomic E-state index is 12.9. The zero-order valence-electron chi connectivity index (χ0n) is 7.53. The van der Waals surface area contributed by atoms with Gasteiger partial charge in [0.05, 0.1) is 6.42 Å². The van der Waals surface area contributed by atoms with Crippen LogP contribution >= 0.6 is 0 Å². The molecule has 1 aromatic heterocycles. The summed E-state index contributed by atoms with van der Waals surface area (Å²) in [5, 5.41) is 8.70. The van der Waals surface area contributed by atoms with Gasteiger partial charge in [-0.1, -0.05) is 0 Å². The van der Waals surface area contributed by atoms with Crippen LogP contribution in [-0.2, 0) is 10.2 Å². The van der Waals surface area contributed by atoms with E-state index in [9.17, 15) is 9.18 Å². The van der Waals surface area contributed by atoms with Crippen molar-refractivity contribution in [3.63, 3.8) is 0 Å². The lowest BCUT2D eigenvalue weighted by molar-refractivity contribution is -0.137. The van der Waals surface area contributed by atoms with Crippen LogP contribution in [0.15, 0.2) is 18.3 Å². The molecule has 2 rings (SSSR count). The zero-order chi connectivity index (χ0) is 10.2. The Balaban J connectivity index is 2.26. The summed E-state index contributed by atoms with van der Waals surface area (Å²) in [6.45, 7) is 0. The number of halogens is 1. The summed E-state index contributed by atoms with van der Waals surface area (Å²) >= 11 is 0. The SMILES string of the molecule is O=C(O)CC1(c2cc(F)ccn2)CC1. The molecule has 0 amide bonds. The summed E-state index contributed by atoms with van der Waals surface area (Å²) in [6.07, 6.45) is 3.00. The number of carboxylic acid groups (broad SMARTS) is 1. The summed E-state index contributed by atoms with van der Waals surface area (Å²) in [5.41, 5.74) is 0.174. The average molecular weight is 195 g/mol. The number of rotatable bonds is 3. The standard InChI is InChI=1S/C10H10FNO2/c11-7-1-4-12-8(5-7)10(2-3-10)6-9(13)14/h1,4-5H,2-3,6H2,(H,13,14). The van der Waals surface area contributed by atoms with Crippen LogP contribution in [0.4, 0.5) is 4.39 Å². The molecule has 4 heteroatoms. The molecule has 0 bridgehead atoms. The van der Waals surface area contributed by atoms with Crippen LogP contribution in [0.3, 0.4) is 0 Å². The van der Waals surface area contributed by atoms with Crippen molar-refractivity contribution < 1.29 is 14.3 Å². The predicted molar refractivity (Wildman–Crippen MR) is 47.4 cm³/mol. The highest BCUT2D eigenvalue weighted by Gasteiger charge is 2.47. The molecule has 1 aliphatic carbocycles. The Bertz CT molecular complexity index is 374. The second-order valence-corrected chi connectivity index (χ2v) is 3.71. The number of carbonyl (C=O) groups is 1. The first-order valence-electron chi connectivity index (χ1n) is 4.46. The van der Waals surface area contributed by atoms with Gasteiger partial charge in [0.2, 0.25) is 0 Å². The summed E-state index contributed by atoms with van der Waals surface area (Å²) < 4.78 is 12.9. The highest BCUT2D eigenvalue weighted by molar-refractivity contribution is 5.69. The van der Waals surface area contributed by atoms with Crippen LogP contribution < -0.4 is 0 Å². The Morgan fingerprint density at radius 2 is 2.36 bits per heavy atom. The molecule has 0 aromatic carbocycles. The first kappa shape index (κ1) is 9.12. The molecule has 0 atom stereocenters. The first-order chi connectivity index (χ1) is 6.62. The Morgan fingerprint density at radius 3 is 2.86 bits per heavy atom. The third-order valence-corrected chi connectivity index (χ3v) is 2.61. The summed E-state index contributed by atoms with van der Waals surface area (Å²) in [4.78, 5) is 14.6. The van der Waals surface area contributed by atoms with Crippen molar-refractivity contribution in [3.8, 4) is 0 Å². The largest absolute Gasteiger partial charge is 0.481 e. The fourth-order valence-electron chi connectivity index (χ4n) is 1.66. The van der Waals surface area contributed by atoms with E-state index in [-0.39, 0.29) is 12.2 Å². The Morgan fingerprint density at radius 1 is 1.64 bits per heavy atom. The highest BCUT2D eigenvalue weighted by Crippen LogP contribution is 2.50. The van der Waals surface area contributed by atoms with Crippen LogP contribution in [0, 0.1) is 5.82 Å². The maximum Gasteiger partial charge on any atom is 0.304 e. The van der Waals surface area contributed by atoms with Crippen LogP contribution in [0.25, 0.3) is 0 Å². The molecule has 1 saturated carbocycles. The minimum atomic E-state index is -0.853. The fraction of sp³-hybridized carbons (Fsp3) is 0.400. The van der Waals surface area contributed by atoms with Gasteiger partial charge in [-0.2, -0.15) is 0 Å². The number of nitrogens with zero attached hydrogens (tertiary/aromatic N) is 1. The monoisotopic (exact) mass is 195 g/mol. The number of aromatic nitrogens is 1. The molecule has 1 fully saturated rings. The normalized spacial score (nSPS) is 17.8. The summed E-state index contributed by atoms with van der Waals surface area (Å²) in [5.74, 6) is -1.21. The van der Waals surface area contributed by atoms with Crippen molar-refractivity contribution >= 4 is 5.97 Å². The maximum atomic E-state index is 12.9. The number of aliphatic carboxylic acids is 1. The average Bonchev–Trinajstić information content (AvgIpc) is 2.84. The summed E-state index contributed by atoms with van der Waals surface area (Å²) in [6, 6.07) is 2.59. The van der Waals surface area contributed by atoms with E-state index in [0.29, 0.717) is 5.69 Å². The molecule has 0 saturated heterocycles. The van der Waals surface area contributed by atoms with E-state index in [4.69, 9.17) is 5.11 Å². The van der Waals surface area contributed by atoms with Gasteiger partial charge in [0.25, 0.3) is 0 Å². The minimum Gasteiger partial charge on any atom is -0.481 e. The molecular weight excluding hydrogens is 185 g/mol. The molecule has 1 N–H and O–H groups in total. The van der Waals surface area contributed by atoms with E-state index in [1.54, 1.807) is 0 Å². The van der Waals surface area contributed by atoms with Gasteiger partial charge in [-0.15, -0.1) is 0 Å². The van der Waals surface area contributed by atoms with Crippen LogP contribution in [0.5, 0.6) is 0 Å². The van der Waals surface area contributed by atoms with Crippen LogP contribution in [0.1, 0.15) is 25.0 Å². The molecule has 1 aliphatic rings. The molecule has 1 aromatic rings. The van der Waals surface area contributed by atoms with E-state index >= 15 is 0 Å². The third kappa shape index (κ3) is 1.60. The Kier molecular flexibility index (Phi) is 1.98. The molecule has 0 unspecified atom stereocenters. The number of hydrogen-bond acceptors (Lipinski definition) is 2. The van der Waals surface area contributed by atoms with Gasteiger partial charge < -0.3 is 5.11 Å². The number of carboxylic acids is 1. The van der Waals surface area contributed by atoms with Gasteiger partial charge in [-0.25, -0.2) is 4.39 Å². The van der Waals surface area contributed by atoms with Crippen molar-refractivity contribution in [1.29, 1.82) is 0 Å². The molecule has 74 valence electrons. The summed E-state index contributed by atoms with van der Waals surface area (Å²) in [7, 11) is 0. The van der Waals surface area contributed by atoms with Gasteiger partial charge in [0.15, 0.2) is 0 Å². The van der Waals surface area contributed by atoms with Crippen molar-refractivity contribution in [2.45, 2.75) is 24.7 Å². The Hall–Kier alpha value is -1.45. The molecule has 0 radical (unpaired) electrons. The molecule has 0 spiro atoms. The molecule has 0 aliphatic heterocycles. The fourth-order valence-corrected chi connectivity index (χ4v) is 1.66. The van der Waals surface area contributed by atoms with Gasteiger partial charge in [-0.05, 0) is 25.0 Å². The Labute approximate surface area is 80.6 Å². The van der Waals surface area contributed by atoms with E-state index in [1.807, 2.05) is 0 Å². The van der Waals surface area contributed by atoms with Crippen molar-refractivity contribution in [2.75, 3.05) is 0 Å². The van der Waals surface area contributed by atoms with Crippen molar-refractivity contribution in [2.24, 2.45) is 0 Å². The lowest BCUT2D eigenvalue weighted by atomic mass is 9.97. The van der Waals surface area contributed by atoms with Crippen molar-refractivity contribution in [1.82, 2.24) is 4.98 Å². The van der Waals surface area contributed by atoms with E-state index < -0.39 is 11.4 Å². The van der Waals surface area contributed by atoms with E-state index in [2.05, 4.69) is 4.98 Å². The van der Waals surface area contributed by atoms with Gasteiger partial charge in [0, 0.05) is 17.3 Å². The first-order valence-corrected chi connectivity index (χ1v) is 4.46. The molecule has 1 heterocycles. The molecule has 14 heavy (non-hydrogen) atoms. The quantitative estimate of drug-likeness (QED) is 0.799. The van der Waals surface area contributed by atoms with Gasteiger partial charge >= 0.3 is 5.97 Å². The van der Waals surface area contributed by atoms with E-state index in [1.165, 1.54) is 18.3 Å². The van der Waals surface area contributed by atoms with E-state index in [0.717, 1.165) is 12.8 Å². The van der Waals surface area contributed by atoms with Gasteiger partial charge in [0.1, 0.15) is 5.82 Å². The topological polar surface area (TPSA) is 50.2 Å². The smallest absolute Gasteiger partial charge is 0.304 e. The third-order valence-electron chi connectivity index (χ3n) is 2.61. The molecule has 3 nitrogen and oxygen atoms in total. The molecular formula is C10H10FNO2. The van der Waals surface area contributed by atoms with Gasteiger partial charge in [-0.3, -0.25) is 9.78 Å². The lowest BCUT2D eigenvalue weighted by Gasteiger charge is -2.10. The van der Waals surface area contributed by atoms with Crippen LogP contribution in [-0.4, -0.2) is 16.1 Å². The second kappa shape index (κ2) is 3.04. The second-order valence-electron chi connectivity index (χ2n) is 3.71. The number of pyridine rings is 1.